The van der Waals surface area contributed by atoms with Crippen LogP contribution >= 0.6 is 0 Å². The van der Waals surface area contributed by atoms with E-state index in [1.54, 1.807) is 6.33 Å². The van der Waals surface area contributed by atoms with Gasteiger partial charge in [0.15, 0.2) is 0 Å². The van der Waals surface area contributed by atoms with Crippen LogP contribution in [0.2, 0.25) is 0 Å². The van der Waals surface area contributed by atoms with Crippen molar-refractivity contribution in [2.24, 2.45) is 13.0 Å². The quantitative estimate of drug-likeness (QED) is 0.766. The lowest BCUT2D eigenvalue weighted by atomic mass is 9.92. The first kappa shape index (κ1) is 16.6. The van der Waals surface area contributed by atoms with Gasteiger partial charge in [-0.25, -0.2) is 9.97 Å². The van der Waals surface area contributed by atoms with Crippen LogP contribution in [-0.2, 0) is 13.5 Å². The molecule has 0 unspecified atom stereocenters. The standard InChI is InChI=1S/C20H24N6/c1-25-18(7-10-23-25)13-16-8-11-26(12-9-16)20-14-19(21-15-22-20)24-17-5-3-2-4-6-17/h2-7,10,14-16H,8-9,11-13H2,1H3,(H,21,22,24). The average Bonchev–Trinajstić information content (AvgIpc) is 3.08. The van der Waals surface area contributed by atoms with E-state index in [1.807, 2.05) is 54.3 Å². The summed E-state index contributed by atoms with van der Waals surface area (Å²) >= 11 is 0. The molecule has 6 nitrogen and oxygen atoms in total. The Kier molecular flexibility index (Phi) is 4.82. The summed E-state index contributed by atoms with van der Waals surface area (Å²) < 4.78 is 1.98. The molecule has 4 rings (SSSR count). The Morgan fingerprint density at radius 1 is 1.08 bits per heavy atom. The van der Waals surface area contributed by atoms with E-state index in [0.29, 0.717) is 5.92 Å². The van der Waals surface area contributed by atoms with E-state index < -0.39 is 0 Å². The fourth-order valence-corrected chi connectivity index (χ4v) is 3.52. The highest BCUT2D eigenvalue weighted by Gasteiger charge is 2.21. The van der Waals surface area contributed by atoms with Gasteiger partial charge in [-0.15, -0.1) is 0 Å². The van der Waals surface area contributed by atoms with Gasteiger partial charge >= 0.3 is 0 Å². The second-order valence-corrected chi connectivity index (χ2v) is 6.83. The first-order valence-corrected chi connectivity index (χ1v) is 9.14. The lowest BCUT2D eigenvalue weighted by Crippen LogP contribution is -2.35. The molecule has 134 valence electrons. The summed E-state index contributed by atoms with van der Waals surface area (Å²) in [4.78, 5) is 11.2. The van der Waals surface area contributed by atoms with Crippen molar-refractivity contribution in [2.75, 3.05) is 23.3 Å². The molecule has 1 aromatic carbocycles. The number of piperidine rings is 1. The monoisotopic (exact) mass is 348 g/mol. The number of para-hydroxylation sites is 1. The molecule has 26 heavy (non-hydrogen) atoms. The largest absolute Gasteiger partial charge is 0.356 e. The number of anilines is 3. The van der Waals surface area contributed by atoms with E-state index >= 15 is 0 Å². The first-order valence-electron chi connectivity index (χ1n) is 9.14. The van der Waals surface area contributed by atoms with E-state index in [-0.39, 0.29) is 0 Å². The molecule has 0 amide bonds. The van der Waals surface area contributed by atoms with E-state index in [0.717, 1.165) is 36.8 Å². The highest BCUT2D eigenvalue weighted by Crippen LogP contribution is 2.26. The summed E-state index contributed by atoms with van der Waals surface area (Å²) in [7, 11) is 2.02. The Labute approximate surface area is 153 Å². The van der Waals surface area contributed by atoms with Crippen LogP contribution in [0.3, 0.4) is 0 Å². The minimum Gasteiger partial charge on any atom is -0.356 e. The fourth-order valence-electron chi connectivity index (χ4n) is 3.52. The van der Waals surface area contributed by atoms with E-state index in [2.05, 4.69) is 31.3 Å². The molecule has 1 N–H and O–H groups in total. The summed E-state index contributed by atoms with van der Waals surface area (Å²) in [5.74, 6) is 2.54. The molecule has 0 aliphatic carbocycles. The smallest absolute Gasteiger partial charge is 0.135 e. The van der Waals surface area contributed by atoms with Gasteiger partial charge in [0.05, 0.1) is 0 Å². The number of nitrogens with one attached hydrogen (secondary N) is 1. The first-order chi connectivity index (χ1) is 12.8. The molecular weight excluding hydrogens is 324 g/mol. The number of aryl methyl sites for hydroxylation is 1. The Hall–Kier alpha value is -2.89. The summed E-state index contributed by atoms with van der Waals surface area (Å²) in [5, 5.41) is 7.61. The van der Waals surface area contributed by atoms with Crippen LogP contribution in [-0.4, -0.2) is 32.8 Å². The van der Waals surface area contributed by atoms with Gasteiger partial charge in [0.2, 0.25) is 0 Å². The molecule has 1 saturated heterocycles. The van der Waals surface area contributed by atoms with Crippen molar-refractivity contribution in [3.8, 4) is 0 Å². The van der Waals surface area contributed by atoms with Crippen LogP contribution in [0, 0.1) is 5.92 Å². The molecule has 0 spiro atoms. The van der Waals surface area contributed by atoms with Crippen molar-refractivity contribution in [1.82, 2.24) is 19.7 Å². The van der Waals surface area contributed by atoms with E-state index in [4.69, 9.17) is 0 Å². The van der Waals surface area contributed by atoms with Gasteiger partial charge in [0, 0.05) is 43.8 Å². The number of aromatic nitrogens is 4. The average molecular weight is 348 g/mol. The van der Waals surface area contributed by atoms with Crippen molar-refractivity contribution in [1.29, 1.82) is 0 Å². The van der Waals surface area contributed by atoms with Crippen LogP contribution in [0.4, 0.5) is 17.3 Å². The molecule has 1 fully saturated rings. The number of rotatable bonds is 5. The summed E-state index contributed by atoms with van der Waals surface area (Å²) in [6.45, 7) is 2.06. The predicted octanol–water partition coefficient (Wildman–Crippen LogP) is 3.41. The van der Waals surface area contributed by atoms with Crippen LogP contribution < -0.4 is 10.2 Å². The summed E-state index contributed by atoms with van der Waals surface area (Å²) in [5.41, 5.74) is 2.35. The number of nitrogens with zero attached hydrogens (tertiary/aromatic N) is 5. The topological polar surface area (TPSA) is 58.9 Å². The lowest BCUT2D eigenvalue weighted by Gasteiger charge is -2.32. The molecule has 3 heterocycles. The van der Waals surface area contributed by atoms with Gasteiger partial charge in [-0.05, 0) is 43.4 Å². The predicted molar refractivity (Wildman–Crippen MR) is 104 cm³/mol. The second kappa shape index (κ2) is 7.56. The maximum absolute atomic E-state index is 4.48. The zero-order chi connectivity index (χ0) is 17.8. The van der Waals surface area contributed by atoms with Crippen LogP contribution in [0.25, 0.3) is 0 Å². The highest BCUT2D eigenvalue weighted by molar-refractivity contribution is 5.59. The van der Waals surface area contributed by atoms with Gasteiger partial charge in [0.25, 0.3) is 0 Å². The van der Waals surface area contributed by atoms with Crippen molar-refractivity contribution in [3.63, 3.8) is 0 Å². The number of hydrogen-bond donors (Lipinski definition) is 1. The van der Waals surface area contributed by atoms with Gasteiger partial charge in [0.1, 0.15) is 18.0 Å². The molecule has 6 heteroatoms. The molecule has 1 aliphatic heterocycles. The number of benzene rings is 1. The Balaban J connectivity index is 1.37. The zero-order valence-corrected chi connectivity index (χ0v) is 15.0. The third-order valence-electron chi connectivity index (χ3n) is 5.06. The number of hydrogen-bond acceptors (Lipinski definition) is 5. The van der Waals surface area contributed by atoms with Gasteiger partial charge in [-0.2, -0.15) is 5.10 Å². The minimum absolute atomic E-state index is 0.713. The van der Waals surface area contributed by atoms with Gasteiger partial charge in [-0.1, -0.05) is 18.2 Å². The SMILES string of the molecule is Cn1nccc1CC1CCN(c2cc(Nc3ccccc3)ncn2)CC1. The molecule has 0 radical (unpaired) electrons. The molecule has 3 aromatic rings. The van der Waals surface area contributed by atoms with Gasteiger partial charge in [-0.3, -0.25) is 4.68 Å². The van der Waals surface area contributed by atoms with Crippen molar-refractivity contribution < 1.29 is 0 Å². The van der Waals surface area contributed by atoms with Crippen LogP contribution in [0.1, 0.15) is 18.5 Å². The molecule has 0 bridgehead atoms. The normalized spacial score (nSPS) is 15.2. The molecule has 1 aliphatic rings. The van der Waals surface area contributed by atoms with Crippen LogP contribution in [0.5, 0.6) is 0 Å². The maximum atomic E-state index is 4.48. The molecular formula is C20H24N6. The Morgan fingerprint density at radius 2 is 1.88 bits per heavy atom. The Morgan fingerprint density at radius 3 is 2.62 bits per heavy atom. The van der Waals surface area contributed by atoms with Crippen molar-refractivity contribution >= 4 is 17.3 Å². The Bertz CT molecular complexity index is 836. The summed E-state index contributed by atoms with van der Waals surface area (Å²) in [6.07, 6.45) is 6.98. The highest BCUT2D eigenvalue weighted by atomic mass is 15.3. The maximum Gasteiger partial charge on any atom is 0.135 e. The lowest BCUT2D eigenvalue weighted by molar-refractivity contribution is 0.394. The minimum atomic E-state index is 0.713. The molecule has 2 aromatic heterocycles. The van der Waals surface area contributed by atoms with Crippen LogP contribution in [0.15, 0.2) is 55.0 Å². The van der Waals surface area contributed by atoms with Gasteiger partial charge < -0.3 is 10.2 Å². The fraction of sp³-hybridized carbons (Fsp3) is 0.350. The molecule has 0 saturated carbocycles. The molecule has 0 atom stereocenters. The summed E-state index contributed by atoms with van der Waals surface area (Å²) in [6, 6.07) is 14.3. The van der Waals surface area contributed by atoms with Crippen molar-refractivity contribution in [3.05, 3.63) is 60.7 Å². The second-order valence-electron chi connectivity index (χ2n) is 6.83. The third kappa shape index (κ3) is 3.85. The van der Waals surface area contributed by atoms with Crippen molar-refractivity contribution in [2.45, 2.75) is 19.3 Å². The van der Waals surface area contributed by atoms with E-state index in [9.17, 15) is 0 Å². The van der Waals surface area contributed by atoms with E-state index in [1.165, 1.54) is 18.5 Å². The zero-order valence-electron chi connectivity index (χ0n) is 15.0. The third-order valence-corrected chi connectivity index (χ3v) is 5.06.